The molecule has 2 aromatic heterocycles. The molecule has 0 bridgehead atoms. The van der Waals surface area contributed by atoms with Crippen LogP contribution in [0.2, 0.25) is 0 Å². The molecule has 0 saturated carbocycles. The molecule has 2 heterocycles. The first-order valence-corrected chi connectivity index (χ1v) is 6.37. The fourth-order valence-corrected chi connectivity index (χ4v) is 1.89. The summed E-state index contributed by atoms with van der Waals surface area (Å²) in [6, 6.07) is 2.54. The average molecular weight is 247 g/mol. The number of imidazole rings is 1. The van der Waals surface area contributed by atoms with Gasteiger partial charge in [-0.2, -0.15) is 5.10 Å². The molecule has 0 unspecified atom stereocenters. The molecule has 0 aliphatic carbocycles. The van der Waals surface area contributed by atoms with E-state index < -0.39 is 0 Å². The quantitative estimate of drug-likeness (QED) is 0.838. The van der Waals surface area contributed by atoms with Crippen molar-refractivity contribution in [2.45, 2.75) is 39.4 Å². The van der Waals surface area contributed by atoms with Gasteiger partial charge in [0.05, 0.1) is 6.54 Å². The summed E-state index contributed by atoms with van der Waals surface area (Å²) in [5.41, 5.74) is 1.24. The second-order valence-electron chi connectivity index (χ2n) is 4.77. The van der Waals surface area contributed by atoms with Crippen molar-refractivity contribution in [3.05, 3.63) is 36.2 Å². The minimum Gasteiger partial charge on any atom is -0.333 e. The first-order chi connectivity index (χ1) is 8.66. The molecule has 0 aliphatic heterocycles. The van der Waals surface area contributed by atoms with E-state index in [0.29, 0.717) is 6.04 Å². The van der Waals surface area contributed by atoms with Crippen LogP contribution in [0.15, 0.2) is 24.7 Å². The predicted octanol–water partition coefficient (Wildman–Crippen LogP) is 1.36. The van der Waals surface area contributed by atoms with E-state index >= 15 is 0 Å². The van der Waals surface area contributed by atoms with E-state index in [9.17, 15) is 0 Å². The lowest BCUT2D eigenvalue weighted by atomic mass is 10.3. The number of aromatic nitrogens is 4. The van der Waals surface area contributed by atoms with Crippen LogP contribution in [0.1, 0.15) is 25.4 Å². The Morgan fingerprint density at radius 3 is 2.83 bits per heavy atom. The molecule has 98 valence electrons. The summed E-state index contributed by atoms with van der Waals surface area (Å²) in [4.78, 5) is 4.39. The molecule has 0 amide bonds. The highest BCUT2D eigenvalue weighted by atomic mass is 15.3. The summed E-state index contributed by atoms with van der Waals surface area (Å²) >= 11 is 0. The van der Waals surface area contributed by atoms with Crippen LogP contribution in [0.4, 0.5) is 0 Å². The lowest BCUT2D eigenvalue weighted by Gasteiger charge is -2.10. The van der Waals surface area contributed by atoms with Gasteiger partial charge in [-0.3, -0.25) is 4.68 Å². The van der Waals surface area contributed by atoms with Crippen molar-refractivity contribution in [2.75, 3.05) is 0 Å². The van der Waals surface area contributed by atoms with E-state index in [1.54, 1.807) is 0 Å². The minimum absolute atomic E-state index is 0.479. The molecule has 0 saturated heterocycles. The Morgan fingerprint density at radius 1 is 1.33 bits per heavy atom. The largest absolute Gasteiger partial charge is 0.333 e. The summed E-state index contributed by atoms with van der Waals surface area (Å²) in [5, 5.41) is 7.57. The van der Waals surface area contributed by atoms with Crippen molar-refractivity contribution in [1.29, 1.82) is 0 Å². The maximum Gasteiger partial charge on any atom is 0.122 e. The summed E-state index contributed by atoms with van der Waals surface area (Å²) in [6.07, 6.45) is 6.71. The molecular formula is C13H21N5. The third-order valence-electron chi connectivity index (χ3n) is 3.00. The molecule has 0 spiro atoms. The molecule has 1 N–H and O–H groups in total. The molecule has 5 heteroatoms. The highest BCUT2D eigenvalue weighted by Crippen LogP contribution is 2.03. The maximum atomic E-state index is 4.39. The lowest BCUT2D eigenvalue weighted by molar-refractivity contribution is 0.539. The Kier molecular flexibility index (Phi) is 4.15. The van der Waals surface area contributed by atoms with Gasteiger partial charge in [0, 0.05) is 50.3 Å². The van der Waals surface area contributed by atoms with Gasteiger partial charge < -0.3 is 9.88 Å². The van der Waals surface area contributed by atoms with E-state index in [4.69, 9.17) is 0 Å². The standard InChI is InChI=1S/C13H21N5/c1-11(2)15-10-13-14-7-9-18(13)8-5-12-4-6-16-17(12)3/h4,6-7,9,11,15H,5,8,10H2,1-3H3. The molecule has 2 aromatic rings. The Balaban J connectivity index is 1.93. The molecule has 18 heavy (non-hydrogen) atoms. The Morgan fingerprint density at radius 2 is 2.17 bits per heavy atom. The van der Waals surface area contributed by atoms with Crippen LogP contribution < -0.4 is 5.32 Å². The Hall–Kier alpha value is -1.62. The predicted molar refractivity (Wildman–Crippen MR) is 71.1 cm³/mol. The number of rotatable bonds is 6. The Bertz CT molecular complexity index is 483. The fourth-order valence-electron chi connectivity index (χ4n) is 1.89. The summed E-state index contributed by atoms with van der Waals surface area (Å²) in [7, 11) is 1.98. The minimum atomic E-state index is 0.479. The van der Waals surface area contributed by atoms with Crippen molar-refractivity contribution in [3.63, 3.8) is 0 Å². The monoisotopic (exact) mass is 247 g/mol. The summed E-state index contributed by atoms with van der Waals surface area (Å²) in [6.45, 7) is 6.04. The molecule has 0 aromatic carbocycles. The third-order valence-corrected chi connectivity index (χ3v) is 3.00. The normalized spacial score (nSPS) is 11.3. The zero-order valence-corrected chi connectivity index (χ0v) is 11.3. The summed E-state index contributed by atoms with van der Waals surface area (Å²) in [5.74, 6) is 1.09. The molecule has 0 radical (unpaired) electrons. The van der Waals surface area contributed by atoms with E-state index in [0.717, 1.165) is 25.3 Å². The second-order valence-corrected chi connectivity index (χ2v) is 4.77. The van der Waals surface area contributed by atoms with Gasteiger partial charge in [-0.1, -0.05) is 13.8 Å². The third kappa shape index (κ3) is 3.20. The number of hydrogen-bond acceptors (Lipinski definition) is 3. The van der Waals surface area contributed by atoms with Crippen LogP contribution in [-0.2, 0) is 26.6 Å². The highest BCUT2D eigenvalue weighted by Gasteiger charge is 2.05. The van der Waals surface area contributed by atoms with Crippen LogP contribution in [0, 0.1) is 0 Å². The molecule has 5 nitrogen and oxygen atoms in total. The van der Waals surface area contributed by atoms with Gasteiger partial charge in [-0.15, -0.1) is 0 Å². The molecule has 0 aliphatic rings. The van der Waals surface area contributed by atoms with E-state index in [1.807, 2.05) is 30.3 Å². The number of nitrogens with one attached hydrogen (secondary N) is 1. The van der Waals surface area contributed by atoms with E-state index in [-0.39, 0.29) is 0 Å². The SMILES string of the molecule is CC(C)NCc1nccn1CCc1ccnn1C. The van der Waals surface area contributed by atoms with Crippen LogP contribution in [0.5, 0.6) is 0 Å². The first kappa shape index (κ1) is 12.8. The Labute approximate surface area is 108 Å². The van der Waals surface area contributed by atoms with Crippen LogP contribution >= 0.6 is 0 Å². The van der Waals surface area contributed by atoms with Crippen molar-refractivity contribution in [1.82, 2.24) is 24.6 Å². The van der Waals surface area contributed by atoms with Crippen molar-refractivity contribution in [2.24, 2.45) is 7.05 Å². The van der Waals surface area contributed by atoms with Gasteiger partial charge in [-0.25, -0.2) is 4.98 Å². The molecule has 0 fully saturated rings. The topological polar surface area (TPSA) is 47.7 Å². The number of aryl methyl sites for hydroxylation is 3. The van der Waals surface area contributed by atoms with Gasteiger partial charge in [0.2, 0.25) is 0 Å². The van der Waals surface area contributed by atoms with Gasteiger partial charge in [0.25, 0.3) is 0 Å². The molecular weight excluding hydrogens is 226 g/mol. The van der Waals surface area contributed by atoms with Crippen LogP contribution in [-0.4, -0.2) is 25.4 Å². The number of hydrogen-bond donors (Lipinski definition) is 1. The maximum absolute atomic E-state index is 4.39. The van der Waals surface area contributed by atoms with Gasteiger partial charge in [-0.05, 0) is 6.07 Å². The van der Waals surface area contributed by atoms with Gasteiger partial charge >= 0.3 is 0 Å². The molecule has 0 atom stereocenters. The van der Waals surface area contributed by atoms with E-state index in [1.165, 1.54) is 5.69 Å². The van der Waals surface area contributed by atoms with Crippen molar-refractivity contribution >= 4 is 0 Å². The van der Waals surface area contributed by atoms with Gasteiger partial charge in [0.15, 0.2) is 0 Å². The first-order valence-electron chi connectivity index (χ1n) is 6.37. The van der Waals surface area contributed by atoms with Crippen LogP contribution in [0.3, 0.4) is 0 Å². The fraction of sp³-hybridized carbons (Fsp3) is 0.538. The lowest BCUT2D eigenvalue weighted by Crippen LogP contribution is -2.24. The number of nitrogens with zero attached hydrogens (tertiary/aromatic N) is 4. The zero-order chi connectivity index (χ0) is 13.0. The molecule has 2 rings (SSSR count). The van der Waals surface area contributed by atoms with Crippen molar-refractivity contribution in [3.8, 4) is 0 Å². The summed E-state index contributed by atoms with van der Waals surface area (Å²) < 4.78 is 4.12. The zero-order valence-electron chi connectivity index (χ0n) is 11.3. The van der Waals surface area contributed by atoms with Gasteiger partial charge in [0.1, 0.15) is 5.82 Å². The highest BCUT2D eigenvalue weighted by molar-refractivity contribution is 5.01. The van der Waals surface area contributed by atoms with Crippen molar-refractivity contribution < 1.29 is 0 Å². The smallest absolute Gasteiger partial charge is 0.122 e. The average Bonchev–Trinajstić information content (AvgIpc) is 2.92. The van der Waals surface area contributed by atoms with E-state index in [2.05, 4.69) is 39.9 Å². The van der Waals surface area contributed by atoms with Crippen LogP contribution in [0.25, 0.3) is 0 Å². The second kappa shape index (κ2) is 5.82.